The average molecular weight is 497 g/mol. The number of anilines is 1. The highest BCUT2D eigenvalue weighted by Crippen LogP contribution is 2.34. The van der Waals surface area contributed by atoms with Gasteiger partial charge in [-0.1, -0.05) is 53.9 Å². The molecule has 2 aromatic rings. The van der Waals surface area contributed by atoms with E-state index in [1.54, 1.807) is 6.92 Å². The highest BCUT2D eigenvalue weighted by atomic mass is 32.2. The lowest BCUT2D eigenvalue weighted by molar-refractivity contribution is -0.139. The summed E-state index contributed by atoms with van der Waals surface area (Å²) in [5, 5.41) is 18.1. The molecule has 0 bridgehead atoms. The van der Waals surface area contributed by atoms with E-state index in [9.17, 15) is 14.4 Å². The SMILES string of the molecule is CCOC(=O)CSc1nnc(NC(=O)CCc2nc(C3(NC(C)=O)CCCCCC3)no2)s1. The minimum atomic E-state index is -0.615. The highest BCUT2D eigenvalue weighted by Gasteiger charge is 2.38. The Morgan fingerprint density at radius 3 is 2.64 bits per heavy atom. The zero-order chi connectivity index (χ0) is 23.7. The number of carbonyl (C=O) groups is 3. The van der Waals surface area contributed by atoms with Crippen molar-refractivity contribution in [1.82, 2.24) is 25.7 Å². The Bertz CT molecular complexity index is 954. The van der Waals surface area contributed by atoms with Gasteiger partial charge in [0.1, 0.15) is 5.54 Å². The molecule has 2 heterocycles. The van der Waals surface area contributed by atoms with Gasteiger partial charge in [-0.2, -0.15) is 4.98 Å². The van der Waals surface area contributed by atoms with Crippen molar-refractivity contribution in [2.45, 2.75) is 75.1 Å². The second kappa shape index (κ2) is 12.1. The van der Waals surface area contributed by atoms with Crippen molar-refractivity contribution in [3.05, 3.63) is 11.7 Å². The van der Waals surface area contributed by atoms with Crippen molar-refractivity contribution in [3.63, 3.8) is 0 Å². The summed E-state index contributed by atoms with van der Waals surface area (Å²) in [6, 6.07) is 0. The van der Waals surface area contributed by atoms with E-state index >= 15 is 0 Å². The molecular weight excluding hydrogens is 468 g/mol. The van der Waals surface area contributed by atoms with E-state index in [2.05, 4.69) is 31.0 Å². The molecular formula is C20H28N6O5S2. The fourth-order valence-electron chi connectivity index (χ4n) is 3.67. The summed E-state index contributed by atoms with van der Waals surface area (Å²) in [6.45, 7) is 3.56. The molecule has 33 heavy (non-hydrogen) atoms. The third kappa shape index (κ3) is 7.49. The Hall–Kier alpha value is -2.54. The van der Waals surface area contributed by atoms with Crippen LogP contribution in [0.15, 0.2) is 8.86 Å². The van der Waals surface area contributed by atoms with Crippen LogP contribution in [0.5, 0.6) is 0 Å². The summed E-state index contributed by atoms with van der Waals surface area (Å²) >= 11 is 2.39. The van der Waals surface area contributed by atoms with Crippen molar-refractivity contribution < 1.29 is 23.6 Å². The lowest BCUT2D eigenvalue weighted by Crippen LogP contribution is -2.45. The monoisotopic (exact) mass is 496 g/mol. The third-order valence-electron chi connectivity index (χ3n) is 5.11. The zero-order valence-electron chi connectivity index (χ0n) is 18.7. The zero-order valence-corrected chi connectivity index (χ0v) is 20.4. The van der Waals surface area contributed by atoms with Crippen LogP contribution < -0.4 is 10.6 Å². The first kappa shape index (κ1) is 25.1. The van der Waals surface area contributed by atoms with Gasteiger partial charge in [0.2, 0.25) is 22.8 Å². The van der Waals surface area contributed by atoms with Gasteiger partial charge in [0.25, 0.3) is 0 Å². The van der Waals surface area contributed by atoms with Gasteiger partial charge in [0.15, 0.2) is 10.2 Å². The quantitative estimate of drug-likeness (QED) is 0.217. The van der Waals surface area contributed by atoms with E-state index in [0.717, 1.165) is 38.5 Å². The van der Waals surface area contributed by atoms with Gasteiger partial charge in [-0.3, -0.25) is 14.4 Å². The van der Waals surface area contributed by atoms with E-state index in [4.69, 9.17) is 9.26 Å². The van der Waals surface area contributed by atoms with Crippen LogP contribution in [0.25, 0.3) is 0 Å². The highest BCUT2D eigenvalue weighted by molar-refractivity contribution is 8.01. The predicted molar refractivity (Wildman–Crippen MR) is 122 cm³/mol. The molecule has 3 rings (SSSR count). The largest absolute Gasteiger partial charge is 0.465 e. The summed E-state index contributed by atoms with van der Waals surface area (Å²) in [4.78, 5) is 40.0. The normalized spacial score (nSPS) is 15.5. The van der Waals surface area contributed by atoms with Crippen LogP contribution in [0.2, 0.25) is 0 Å². The molecule has 0 unspecified atom stereocenters. The molecule has 13 heteroatoms. The lowest BCUT2D eigenvalue weighted by Gasteiger charge is -2.30. The summed E-state index contributed by atoms with van der Waals surface area (Å²) in [5.41, 5.74) is -0.615. The van der Waals surface area contributed by atoms with E-state index in [1.807, 2.05) is 0 Å². The number of aromatic nitrogens is 4. The second-order valence-electron chi connectivity index (χ2n) is 7.70. The molecule has 0 saturated heterocycles. The van der Waals surface area contributed by atoms with Crippen molar-refractivity contribution in [3.8, 4) is 0 Å². The molecule has 0 aliphatic heterocycles. The molecule has 0 aromatic carbocycles. The fraction of sp³-hybridized carbons (Fsp3) is 0.650. The summed E-state index contributed by atoms with van der Waals surface area (Å²) in [6.07, 6.45) is 6.10. The average Bonchev–Trinajstić information content (AvgIpc) is 3.37. The maximum absolute atomic E-state index is 12.3. The van der Waals surface area contributed by atoms with E-state index in [0.29, 0.717) is 27.8 Å². The molecule has 2 aromatic heterocycles. The number of nitrogens with one attached hydrogen (secondary N) is 2. The number of thioether (sulfide) groups is 1. The molecule has 1 aliphatic carbocycles. The predicted octanol–water partition coefficient (Wildman–Crippen LogP) is 2.83. The molecule has 0 spiro atoms. The van der Waals surface area contributed by atoms with Crippen LogP contribution in [0.1, 0.15) is 70.5 Å². The van der Waals surface area contributed by atoms with E-state index < -0.39 is 5.54 Å². The Labute approximate surface area is 199 Å². The summed E-state index contributed by atoms with van der Waals surface area (Å²) in [7, 11) is 0. The van der Waals surface area contributed by atoms with Gasteiger partial charge in [-0.25, -0.2) is 0 Å². The van der Waals surface area contributed by atoms with Crippen molar-refractivity contribution in [2.75, 3.05) is 17.7 Å². The van der Waals surface area contributed by atoms with Crippen molar-refractivity contribution >= 4 is 46.0 Å². The van der Waals surface area contributed by atoms with Gasteiger partial charge in [0, 0.05) is 19.8 Å². The molecule has 11 nitrogen and oxygen atoms in total. The molecule has 2 amide bonds. The molecule has 2 N–H and O–H groups in total. The number of esters is 1. The number of nitrogens with zero attached hydrogens (tertiary/aromatic N) is 4. The number of amides is 2. The Morgan fingerprint density at radius 2 is 1.94 bits per heavy atom. The molecule has 1 aliphatic rings. The Balaban J connectivity index is 1.52. The maximum Gasteiger partial charge on any atom is 0.316 e. The number of hydrogen-bond acceptors (Lipinski definition) is 11. The number of ether oxygens (including phenoxy) is 1. The molecule has 0 atom stereocenters. The minimum Gasteiger partial charge on any atom is -0.465 e. The number of rotatable bonds is 10. The number of hydrogen-bond donors (Lipinski definition) is 2. The maximum atomic E-state index is 12.3. The standard InChI is InChI=1S/C20H28N6O5S2/c1-3-30-16(29)12-32-19-25-24-18(33-19)21-14(28)8-9-15-22-17(26-31-15)20(23-13(2)27)10-6-4-5-7-11-20/h3-12H2,1-2H3,(H,23,27)(H,21,24,28). The van der Waals surface area contributed by atoms with Gasteiger partial charge in [-0.15, -0.1) is 10.2 Å². The topological polar surface area (TPSA) is 149 Å². The van der Waals surface area contributed by atoms with Gasteiger partial charge in [-0.05, 0) is 19.8 Å². The number of aryl methyl sites for hydroxylation is 1. The van der Waals surface area contributed by atoms with Gasteiger partial charge >= 0.3 is 5.97 Å². The third-order valence-corrected chi connectivity index (χ3v) is 7.05. The minimum absolute atomic E-state index is 0.125. The molecule has 1 fully saturated rings. The smallest absolute Gasteiger partial charge is 0.316 e. The second-order valence-corrected chi connectivity index (χ2v) is 9.90. The first-order valence-electron chi connectivity index (χ1n) is 10.9. The lowest BCUT2D eigenvalue weighted by atomic mass is 9.89. The number of carbonyl (C=O) groups excluding carboxylic acids is 3. The molecule has 1 saturated carbocycles. The Kier molecular flexibility index (Phi) is 9.18. The van der Waals surface area contributed by atoms with Crippen LogP contribution in [0.3, 0.4) is 0 Å². The van der Waals surface area contributed by atoms with Crippen LogP contribution in [0.4, 0.5) is 5.13 Å². The van der Waals surface area contributed by atoms with Crippen LogP contribution in [-0.4, -0.2) is 50.5 Å². The Morgan fingerprint density at radius 1 is 1.18 bits per heavy atom. The van der Waals surface area contributed by atoms with E-state index in [-0.39, 0.29) is 36.4 Å². The van der Waals surface area contributed by atoms with Gasteiger partial charge < -0.3 is 19.9 Å². The van der Waals surface area contributed by atoms with Crippen LogP contribution >= 0.6 is 23.1 Å². The fourth-order valence-corrected chi connectivity index (χ4v) is 5.23. The van der Waals surface area contributed by atoms with Crippen LogP contribution in [0, 0.1) is 0 Å². The first-order valence-corrected chi connectivity index (χ1v) is 12.7. The van der Waals surface area contributed by atoms with Gasteiger partial charge in [0.05, 0.1) is 12.4 Å². The van der Waals surface area contributed by atoms with E-state index in [1.165, 1.54) is 30.0 Å². The van der Waals surface area contributed by atoms with Crippen molar-refractivity contribution in [2.24, 2.45) is 0 Å². The molecule has 0 radical (unpaired) electrons. The first-order chi connectivity index (χ1) is 15.9. The van der Waals surface area contributed by atoms with Crippen molar-refractivity contribution in [1.29, 1.82) is 0 Å². The summed E-state index contributed by atoms with van der Waals surface area (Å²) in [5.74, 6) is 0.236. The molecule has 180 valence electrons. The summed E-state index contributed by atoms with van der Waals surface area (Å²) < 4.78 is 10.8. The van der Waals surface area contributed by atoms with Crippen LogP contribution in [-0.2, 0) is 31.1 Å².